The quantitative estimate of drug-likeness (QED) is 0.557. The molecule has 2 aromatic heterocycles. The fraction of sp³-hybridized carbons (Fsp3) is 0.333. The van der Waals surface area contributed by atoms with Crippen LogP contribution in [0.3, 0.4) is 0 Å². The van der Waals surface area contributed by atoms with Crippen LogP contribution in [0.1, 0.15) is 23.0 Å². The van der Waals surface area contributed by atoms with Crippen LogP contribution < -0.4 is 21.1 Å². The van der Waals surface area contributed by atoms with Gasteiger partial charge in [0.05, 0.1) is 18.2 Å². The number of nitrogens with zero attached hydrogens (tertiary/aromatic N) is 4. The number of aromatic nitrogens is 4. The number of fused-ring (bicyclic) bond motifs is 1. The van der Waals surface area contributed by atoms with Gasteiger partial charge in [-0.05, 0) is 19.1 Å². The van der Waals surface area contributed by atoms with E-state index in [4.69, 9.17) is 10.5 Å². The van der Waals surface area contributed by atoms with E-state index in [1.54, 1.807) is 6.07 Å². The number of nitrogens with two attached hydrogens (primary N) is 1. The number of hydrogen-bond acceptors (Lipinski definition) is 7. The molecule has 1 aromatic carbocycles. The van der Waals surface area contributed by atoms with Gasteiger partial charge >= 0.3 is 12.2 Å². The van der Waals surface area contributed by atoms with Crippen LogP contribution in [-0.4, -0.2) is 45.4 Å². The average Bonchev–Trinajstić information content (AvgIpc) is 3.06. The highest BCUT2D eigenvalue weighted by Gasteiger charge is 2.35. The van der Waals surface area contributed by atoms with Crippen molar-refractivity contribution in [1.29, 1.82) is 0 Å². The molecule has 2 heterocycles. The smallest absolute Gasteiger partial charge is 0.435 e. The number of anilines is 2. The number of nitrogens with one attached hydrogen (secondary N) is 2. The SMILES string of the molecule is COc1ncc2c(NC[C@@H](C)N)ccc(C(=O)Nc3cc(C(F)(F)F)nn3C)c2n1. The van der Waals surface area contributed by atoms with E-state index in [9.17, 15) is 18.0 Å². The third-order valence-electron chi connectivity index (χ3n) is 4.18. The van der Waals surface area contributed by atoms with Gasteiger partial charge in [-0.15, -0.1) is 0 Å². The van der Waals surface area contributed by atoms with Gasteiger partial charge in [0.25, 0.3) is 5.91 Å². The van der Waals surface area contributed by atoms with Gasteiger partial charge in [0.15, 0.2) is 5.69 Å². The molecular formula is C18H20F3N7O2. The van der Waals surface area contributed by atoms with Crippen molar-refractivity contribution < 1.29 is 22.7 Å². The number of amides is 1. The Hall–Kier alpha value is -3.41. The summed E-state index contributed by atoms with van der Waals surface area (Å²) in [6.07, 6.45) is -3.13. The zero-order chi connectivity index (χ0) is 22.1. The second kappa shape index (κ2) is 8.14. The number of benzene rings is 1. The predicted molar refractivity (Wildman–Crippen MR) is 104 cm³/mol. The largest absolute Gasteiger partial charge is 0.467 e. The number of alkyl halides is 3. The molecule has 0 fully saturated rings. The van der Waals surface area contributed by atoms with Crippen LogP contribution in [0.4, 0.5) is 24.7 Å². The molecule has 3 aromatic rings. The number of methoxy groups -OCH3 is 1. The molecule has 30 heavy (non-hydrogen) atoms. The van der Waals surface area contributed by atoms with Gasteiger partial charge in [0.2, 0.25) is 0 Å². The molecule has 9 nitrogen and oxygen atoms in total. The molecule has 1 amide bonds. The Labute approximate surface area is 169 Å². The van der Waals surface area contributed by atoms with E-state index in [-0.39, 0.29) is 29.0 Å². The summed E-state index contributed by atoms with van der Waals surface area (Å²) in [7, 11) is 2.68. The molecule has 160 valence electrons. The molecule has 0 unspecified atom stereocenters. The maximum Gasteiger partial charge on any atom is 0.435 e. The van der Waals surface area contributed by atoms with Crippen LogP contribution in [0.25, 0.3) is 10.9 Å². The second-order valence-corrected chi connectivity index (χ2v) is 6.63. The summed E-state index contributed by atoms with van der Waals surface area (Å²) in [4.78, 5) is 21.2. The van der Waals surface area contributed by atoms with Crippen molar-refractivity contribution in [2.75, 3.05) is 24.3 Å². The van der Waals surface area contributed by atoms with Crippen LogP contribution in [0.5, 0.6) is 6.01 Å². The number of carbonyl (C=O) groups is 1. The van der Waals surface area contributed by atoms with Gasteiger partial charge in [-0.25, -0.2) is 4.98 Å². The van der Waals surface area contributed by atoms with Crippen molar-refractivity contribution in [1.82, 2.24) is 19.7 Å². The standard InChI is InChI=1S/C18H20F3N7O2/c1-9(22)7-23-12-5-4-10(15-11(12)8-24-17(26-15)30-3)16(29)25-14-6-13(18(19,20)21)27-28(14)2/h4-6,8-9,23H,7,22H2,1-3H3,(H,25,29)/t9-/m1/s1. The maximum absolute atomic E-state index is 12.9. The Bertz CT molecular complexity index is 1080. The van der Waals surface area contributed by atoms with Crippen molar-refractivity contribution in [3.05, 3.63) is 35.7 Å². The minimum Gasteiger partial charge on any atom is -0.467 e. The summed E-state index contributed by atoms with van der Waals surface area (Å²) >= 11 is 0. The fourth-order valence-electron chi connectivity index (χ4n) is 2.72. The van der Waals surface area contributed by atoms with E-state index in [0.717, 1.165) is 10.7 Å². The number of halogens is 3. The van der Waals surface area contributed by atoms with Crippen LogP contribution in [0.2, 0.25) is 0 Å². The number of rotatable bonds is 6. The van der Waals surface area contributed by atoms with Crippen molar-refractivity contribution in [2.45, 2.75) is 19.1 Å². The topological polar surface area (TPSA) is 120 Å². The summed E-state index contributed by atoms with van der Waals surface area (Å²) in [5.74, 6) is -0.767. The first kappa shape index (κ1) is 21.3. The zero-order valence-corrected chi connectivity index (χ0v) is 16.4. The highest BCUT2D eigenvalue weighted by molar-refractivity contribution is 6.13. The van der Waals surface area contributed by atoms with Crippen LogP contribution >= 0.6 is 0 Å². The Morgan fingerprint density at radius 3 is 2.70 bits per heavy atom. The first-order chi connectivity index (χ1) is 14.1. The molecule has 0 saturated heterocycles. The van der Waals surface area contributed by atoms with Crippen molar-refractivity contribution in [2.24, 2.45) is 12.8 Å². The van der Waals surface area contributed by atoms with Crippen molar-refractivity contribution >= 4 is 28.3 Å². The van der Waals surface area contributed by atoms with Crippen LogP contribution in [-0.2, 0) is 13.2 Å². The molecule has 3 rings (SSSR count). The second-order valence-electron chi connectivity index (χ2n) is 6.63. The Kier molecular flexibility index (Phi) is 5.78. The molecule has 1 atom stereocenters. The first-order valence-corrected chi connectivity index (χ1v) is 8.86. The minimum absolute atomic E-state index is 0.0424. The summed E-state index contributed by atoms with van der Waals surface area (Å²) in [5.41, 5.74) is 5.72. The third kappa shape index (κ3) is 4.43. The summed E-state index contributed by atoms with van der Waals surface area (Å²) in [5, 5.41) is 9.51. The van der Waals surface area contributed by atoms with E-state index < -0.39 is 17.8 Å². The Morgan fingerprint density at radius 2 is 2.10 bits per heavy atom. The number of carbonyl (C=O) groups excluding carboxylic acids is 1. The number of aryl methyl sites for hydroxylation is 1. The fourth-order valence-corrected chi connectivity index (χ4v) is 2.72. The van der Waals surface area contributed by atoms with Gasteiger partial charge < -0.3 is 21.1 Å². The molecule has 0 aliphatic rings. The van der Waals surface area contributed by atoms with Crippen molar-refractivity contribution in [3.63, 3.8) is 0 Å². The molecule has 0 saturated carbocycles. The monoisotopic (exact) mass is 423 g/mol. The van der Waals surface area contributed by atoms with E-state index in [2.05, 4.69) is 25.7 Å². The number of hydrogen-bond donors (Lipinski definition) is 3. The summed E-state index contributed by atoms with van der Waals surface area (Å²) in [6, 6.07) is 3.85. The Balaban J connectivity index is 1.99. The summed E-state index contributed by atoms with van der Waals surface area (Å²) in [6.45, 7) is 2.31. The predicted octanol–water partition coefficient (Wildman–Crippen LogP) is 2.40. The first-order valence-electron chi connectivity index (χ1n) is 8.86. The van der Waals surface area contributed by atoms with E-state index >= 15 is 0 Å². The lowest BCUT2D eigenvalue weighted by Gasteiger charge is -2.14. The van der Waals surface area contributed by atoms with Gasteiger partial charge in [0.1, 0.15) is 5.82 Å². The van der Waals surface area contributed by atoms with Gasteiger partial charge in [0, 0.05) is 43.0 Å². The molecule has 0 radical (unpaired) electrons. The van der Waals surface area contributed by atoms with E-state index in [1.807, 2.05) is 6.92 Å². The maximum atomic E-state index is 12.9. The summed E-state index contributed by atoms with van der Waals surface area (Å²) < 4.78 is 44.6. The minimum atomic E-state index is -4.62. The molecule has 0 spiro atoms. The van der Waals surface area contributed by atoms with Crippen molar-refractivity contribution in [3.8, 4) is 6.01 Å². The van der Waals surface area contributed by atoms with Crippen LogP contribution in [0.15, 0.2) is 24.4 Å². The van der Waals surface area contributed by atoms with Gasteiger partial charge in [-0.1, -0.05) is 0 Å². The Morgan fingerprint density at radius 1 is 1.37 bits per heavy atom. The third-order valence-corrected chi connectivity index (χ3v) is 4.18. The van der Waals surface area contributed by atoms with Gasteiger partial charge in [-0.2, -0.15) is 23.3 Å². The zero-order valence-electron chi connectivity index (χ0n) is 16.4. The molecule has 4 N–H and O–H groups in total. The number of ether oxygens (including phenoxy) is 1. The average molecular weight is 423 g/mol. The highest BCUT2D eigenvalue weighted by Crippen LogP contribution is 2.30. The normalized spacial score (nSPS) is 12.6. The molecule has 0 bridgehead atoms. The van der Waals surface area contributed by atoms with E-state index in [0.29, 0.717) is 17.6 Å². The van der Waals surface area contributed by atoms with E-state index in [1.165, 1.54) is 26.4 Å². The molecular weight excluding hydrogens is 403 g/mol. The molecule has 0 aliphatic carbocycles. The van der Waals surface area contributed by atoms with Gasteiger partial charge in [-0.3, -0.25) is 9.48 Å². The molecule has 12 heteroatoms. The lowest BCUT2D eigenvalue weighted by Crippen LogP contribution is -2.25. The van der Waals surface area contributed by atoms with Crippen LogP contribution in [0, 0.1) is 0 Å². The highest BCUT2D eigenvalue weighted by atomic mass is 19.4. The lowest BCUT2D eigenvalue weighted by atomic mass is 10.1. The lowest BCUT2D eigenvalue weighted by molar-refractivity contribution is -0.141. The molecule has 0 aliphatic heterocycles.